The number of carbonyl (C=O) groups excluding carboxylic acids is 1. The van der Waals surface area contributed by atoms with Gasteiger partial charge in [0.05, 0.1) is 0 Å². The van der Waals surface area contributed by atoms with Gasteiger partial charge in [-0.3, -0.25) is 0 Å². The fourth-order valence-electron chi connectivity index (χ4n) is 4.94. The molecule has 0 spiro atoms. The number of ether oxygens (including phenoxy) is 1. The van der Waals surface area contributed by atoms with Gasteiger partial charge in [-0.25, -0.2) is 14.5 Å². The molecule has 1 N–H and O–H groups in total. The van der Waals surface area contributed by atoms with E-state index in [0.29, 0.717) is 24.7 Å². The fourth-order valence-corrected chi connectivity index (χ4v) is 4.94. The van der Waals surface area contributed by atoms with Crippen molar-refractivity contribution in [1.82, 2.24) is 19.9 Å². The lowest BCUT2D eigenvalue weighted by atomic mass is 10.0. The third-order valence-corrected chi connectivity index (χ3v) is 7.18. The maximum Gasteiger partial charge on any atom is 0.437 e. The molecule has 232 valence electrons. The predicted molar refractivity (Wildman–Crippen MR) is 163 cm³/mol. The van der Waals surface area contributed by atoms with Crippen LogP contribution in [-0.2, 0) is 11.2 Å². The first-order valence-electron chi connectivity index (χ1n) is 15.3. The largest absolute Gasteiger partial charge is 0.465 e. The molecule has 1 saturated heterocycles. The standard InChI is InChI=1S/C32H49N5O5/c1-8-9-10-11-12-13-14-15-16-23-17-19-24(20-18-23)26-33-27(42-35-26)25-21-22-36(25)28(34-29(38)41-32(5,6)7)37(30(39)40)31(2,3)4/h17-20,25H,8-16,21-22H2,1-7H3,(H,39,40)/t25-/m0/s1. The first kappa shape index (κ1) is 33.1. The molecule has 1 aliphatic rings. The van der Waals surface area contributed by atoms with Gasteiger partial charge in [-0.15, -0.1) is 4.99 Å². The summed E-state index contributed by atoms with van der Waals surface area (Å²) in [4.78, 5) is 36.5. The van der Waals surface area contributed by atoms with E-state index in [1.165, 1.54) is 56.9 Å². The maximum absolute atomic E-state index is 12.7. The molecule has 1 aliphatic heterocycles. The second-order valence-corrected chi connectivity index (χ2v) is 13.1. The van der Waals surface area contributed by atoms with Crippen LogP contribution in [0.2, 0.25) is 0 Å². The SMILES string of the molecule is CCCCCCCCCCc1ccc(-c2noc([C@@H]3CCN3C(=NC(=O)OC(C)(C)C)N(C(=O)O)C(C)(C)C)n2)cc1. The monoisotopic (exact) mass is 583 g/mol. The van der Waals surface area contributed by atoms with Crippen molar-refractivity contribution in [2.24, 2.45) is 4.99 Å². The van der Waals surface area contributed by atoms with Crippen molar-refractivity contribution in [2.45, 2.75) is 130 Å². The van der Waals surface area contributed by atoms with Crippen molar-refractivity contribution < 1.29 is 24.0 Å². The van der Waals surface area contributed by atoms with Crippen LogP contribution < -0.4 is 0 Å². The van der Waals surface area contributed by atoms with Crippen molar-refractivity contribution in [1.29, 1.82) is 0 Å². The highest BCUT2D eigenvalue weighted by atomic mass is 16.6. The summed E-state index contributed by atoms with van der Waals surface area (Å²) in [6, 6.07) is 7.82. The number of hydrogen-bond donors (Lipinski definition) is 1. The first-order valence-corrected chi connectivity index (χ1v) is 15.3. The lowest BCUT2D eigenvalue weighted by molar-refractivity contribution is 0.0578. The highest BCUT2D eigenvalue weighted by Crippen LogP contribution is 2.36. The molecular weight excluding hydrogens is 534 g/mol. The number of benzene rings is 1. The van der Waals surface area contributed by atoms with Crippen LogP contribution in [0, 0.1) is 0 Å². The molecule has 10 nitrogen and oxygen atoms in total. The second kappa shape index (κ2) is 14.6. The Balaban J connectivity index is 1.68. The molecule has 0 unspecified atom stereocenters. The lowest BCUT2D eigenvalue weighted by Crippen LogP contribution is -2.59. The van der Waals surface area contributed by atoms with Gasteiger partial charge in [-0.1, -0.05) is 81.3 Å². The number of aromatic nitrogens is 2. The summed E-state index contributed by atoms with van der Waals surface area (Å²) < 4.78 is 11.0. The lowest BCUT2D eigenvalue weighted by Gasteiger charge is -2.45. The van der Waals surface area contributed by atoms with Gasteiger partial charge >= 0.3 is 12.2 Å². The molecule has 0 saturated carbocycles. The van der Waals surface area contributed by atoms with Gasteiger partial charge in [-0.2, -0.15) is 4.98 Å². The minimum Gasteiger partial charge on any atom is -0.465 e. The van der Waals surface area contributed by atoms with E-state index in [1.807, 2.05) is 12.1 Å². The van der Waals surface area contributed by atoms with Crippen LogP contribution in [0.5, 0.6) is 0 Å². The quantitative estimate of drug-likeness (QED) is 0.159. The normalized spacial score (nSPS) is 15.8. The van der Waals surface area contributed by atoms with Crippen LogP contribution in [0.1, 0.15) is 124 Å². The first-order chi connectivity index (χ1) is 19.8. The summed E-state index contributed by atoms with van der Waals surface area (Å²) in [7, 11) is 0. The number of amides is 2. The van der Waals surface area contributed by atoms with Crippen LogP contribution in [0.25, 0.3) is 11.4 Å². The highest BCUT2D eigenvalue weighted by molar-refractivity contribution is 5.99. The third kappa shape index (κ3) is 9.56. The summed E-state index contributed by atoms with van der Waals surface area (Å²) in [5.41, 5.74) is 0.488. The Morgan fingerprint density at radius 2 is 1.64 bits per heavy atom. The van der Waals surface area contributed by atoms with Gasteiger partial charge in [0.15, 0.2) is 0 Å². The Bertz CT molecular complexity index is 1190. The second-order valence-electron chi connectivity index (χ2n) is 13.1. The number of rotatable bonds is 11. The zero-order chi connectivity index (χ0) is 30.9. The number of likely N-dealkylation sites (tertiary alicyclic amines) is 1. The predicted octanol–water partition coefficient (Wildman–Crippen LogP) is 8.24. The molecule has 1 atom stereocenters. The third-order valence-electron chi connectivity index (χ3n) is 7.18. The number of aliphatic imine (C=N–C) groups is 1. The molecule has 0 aliphatic carbocycles. The average Bonchev–Trinajstić information content (AvgIpc) is 3.32. The number of hydrogen-bond acceptors (Lipinski definition) is 6. The Morgan fingerprint density at radius 3 is 2.17 bits per heavy atom. The van der Waals surface area contributed by atoms with Crippen LogP contribution in [0.15, 0.2) is 33.8 Å². The number of unbranched alkanes of at least 4 members (excludes halogenated alkanes) is 7. The van der Waals surface area contributed by atoms with E-state index in [-0.39, 0.29) is 5.96 Å². The molecule has 1 fully saturated rings. The summed E-state index contributed by atoms with van der Waals surface area (Å²) in [5, 5.41) is 14.3. The van der Waals surface area contributed by atoms with Crippen LogP contribution >= 0.6 is 0 Å². The van der Waals surface area contributed by atoms with E-state index in [9.17, 15) is 14.7 Å². The van der Waals surface area contributed by atoms with Crippen molar-refractivity contribution >= 4 is 18.1 Å². The number of carbonyl (C=O) groups is 2. The van der Waals surface area contributed by atoms with E-state index in [2.05, 4.69) is 34.2 Å². The molecule has 1 aromatic carbocycles. The number of guanidine groups is 1. The molecule has 10 heteroatoms. The van der Waals surface area contributed by atoms with Gasteiger partial charge in [0.1, 0.15) is 11.6 Å². The van der Waals surface area contributed by atoms with Crippen LogP contribution in [0.4, 0.5) is 9.59 Å². The summed E-state index contributed by atoms with van der Waals surface area (Å²) in [6.07, 6.45) is 10.0. The molecule has 1 aromatic heterocycles. The fraction of sp³-hybridized carbons (Fsp3) is 0.656. The van der Waals surface area contributed by atoms with E-state index < -0.39 is 29.4 Å². The summed E-state index contributed by atoms with van der Waals surface area (Å²) in [5.74, 6) is 0.785. The van der Waals surface area contributed by atoms with Crippen molar-refractivity contribution in [2.75, 3.05) is 6.54 Å². The van der Waals surface area contributed by atoms with Gasteiger partial charge in [0.2, 0.25) is 17.7 Å². The van der Waals surface area contributed by atoms with Gasteiger partial charge < -0.3 is 19.3 Å². The Hall–Kier alpha value is -3.43. The van der Waals surface area contributed by atoms with E-state index in [1.54, 1.807) is 46.4 Å². The zero-order valence-electron chi connectivity index (χ0n) is 26.5. The van der Waals surface area contributed by atoms with E-state index in [0.717, 1.165) is 16.9 Å². The zero-order valence-corrected chi connectivity index (χ0v) is 26.5. The molecule has 3 rings (SSSR count). The van der Waals surface area contributed by atoms with Crippen LogP contribution in [-0.4, -0.2) is 60.9 Å². The Kier molecular flexibility index (Phi) is 11.5. The minimum atomic E-state index is -1.23. The summed E-state index contributed by atoms with van der Waals surface area (Å²) in [6.45, 7) is 13.1. The van der Waals surface area contributed by atoms with Crippen molar-refractivity contribution in [3.8, 4) is 11.4 Å². The number of nitrogens with zero attached hydrogens (tertiary/aromatic N) is 5. The van der Waals surface area contributed by atoms with Crippen molar-refractivity contribution in [3.63, 3.8) is 0 Å². The molecule has 42 heavy (non-hydrogen) atoms. The van der Waals surface area contributed by atoms with Gasteiger partial charge in [0, 0.05) is 17.6 Å². The highest BCUT2D eigenvalue weighted by Gasteiger charge is 2.43. The van der Waals surface area contributed by atoms with E-state index >= 15 is 0 Å². The topological polar surface area (TPSA) is 121 Å². The molecule has 0 bridgehead atoms. The molecule has 2 aromatic rings. The minimum absolute atomic E-state index is 0.0226. The van der Waals surface area contributed by atoms with Crippen LogP contribution in [0.3, 0.4) is 0 Å². The Morgan fingerprint density at radius 1 is 1.02 bits per heavy atom. The van der Waals surface area contributed by atoms with Gasteiger partial charge in [0.25, 0.3) is 0 Å². The maximum atomic E-state index is 12.7. The van der Waals surface area contributed by atoms with Gasteiger partial charge in [-0.05, 0) is 66.4 Å². The number of aryl methyl sites for hydroxylation is 1. The van der Waals surface area contributed by atoms with E-state index in [4.69, 9.17) is 9.26 Å². The molecule has 2 amide bonds. The number of carboxylic acid groups (broad SMARTS) is 1. The molecular formula is C32H49N5O5. The Labute approximate surface area is 250 Å². The smallest absolute Gasteiger partial charge is 0.437 e. The molecule has 0 radical (unpaired) electrons. The molecule has 2 heterocycles. The average molecular weight is 584 g/mol. The van der Waals surface area contributed by atoms with Crippen molar-refractivity contribution in [3.05, 3.63) is 35.7 Å². The summed E-state index contributed by atoms with van der Waals surface area (Å²) >= 11 is 0.